The number of rotatable bonds is 4. The third-order valence-electron chi connectivity index (χ3n) is 4.46. The lowest BCUT2D eigenvalue weighted by Crippen LogP contribution is -2.44. The second kappa shape index (κ2) is 7.09. The zero-order valence-electron chi connectivity index (χ0n) is 14.7. The van der Waals surface area contributed by atoms with Crippen LogP contribution in [0.5, 0.6) is 0 Å². The van der Waals surface area contributed by atoms with Crippen molar-refractivity contribution in [1.82, 2.24) is 19.7 Å². The van der Waals surface area contributed by atoms with Crippen LogP contribution in [0.4, 0.5) is 13.2 Å². The van der Waals surface area contributed by atoms with Crippen LogP contribution < -0.4 is 0 Å². The van der Waals surface area contributed by atoms with Crippen LogP contribution in [0.15, 0.2) is 30.3 Å². The summed E-state index contributed by atoms with van der Waals surface area (Å²) in [5, 5.41) is 4.52. The maximum Gasteiger partial charge on any atom is 0.389 e. The molecule has 8 heteroatoms. The van der Waals surface area contributed by atoms with Gasteiger partial charge in [0.2, 0.25) is 5.91 Å². The van der Waals surface area contributed by atoms with E-state index in [1.807, 2.05) is 44.2 Å². The molecule has 2 heterocycles. The van der Waals surface area contributed by atoms with E-state index in [1.165, 1.54) is 4.90 Å². The first kappa shape index (κ1) is 18.4. The van der Waals surface area contributed by atoms with Gasteiger partial charge < -0.3 is 4.90 Å². The number of carbonyl (C=O) groups excluding carboxylic acids is 1. The summed E-state index contributed by atoms with van der Waals surface area (Å²) < 4.78 is 39.2. The Labute approximate surface area is 149 Å². The van der Waals surface area contributed by atoms with E-state index in [9.17, 15) is 18.0 Å². The zero-order chi connectivity index (χ0) is 18.9. The van der Waals surface area contributed by atoms with Crippen LogP contribution in [0.3, 0.4) is 0 Å². The largest absolute Gasteiger partial charge is 0.389 e. The average Bonchev–Trinajstić information content (AvgIpc) is 3.02. The molecular weight excluding hydrogens is 345 g/mol. The Morgan fingerprint density at radius 1 is 1.23 bits per heavy atom. The molecule has 1 aliphatic heterocycles. The van der Waals surface area contributed by atoms with Crippen molar-refractivity contribution in [3.63, 3.8) is 0 Å². The highest BCUT2D eigenvalue weighted by molar-refractivity contribution is 5.77. The number of carbonyl (C=O) groups is 1. The van der Waals surface area contributed by atoms with Crippen LogP contribution in [-0.4, -0.2) is 38.3 Å². The summed E-state index contributed by atoms with van der Waals surface area (Å²) in [4.78, 5) is 18.5. The molecule has 1 aromatic heterocycles. The van der Waals surface area contributed by atoms with E-state index >= 15 is 0 Å². The third kappa shape index (κ3) is 3.89. The first-order valence-corrected chi connectivity index (χ1v) is 8.62. The number of nitrogens with zero attached hydrogens (tertiary/aromatic N) is 4. The second-order valence-electron chi connectivity index (χ2n) is 6.77. The summed E-state index contributed by atoms with van der Waals surface area (Å²) >= 11 is 0. The van der Waals surface area contributed by atoms with E-state index in [0.717, 1.165) is 5.56 Å². The minimum Gasteiger partial charge on any atom is -0.330 e. The van der Waals surface area contributed by atoms with Crippen molar-refractivity contribution in [1.29, 1.82) is 0 Å². The molecule has 0 bridgehead atoms. The normalized spacial score (nSPS) is 17.5. The molecule has 1 aliphatic rings. The van der Waals surface area contributed by atoms with Gasteiger partial charge in [-0.3, -0.25) is 4.79 Å². The standard InChI is InChI=1S/C18H21F3N4O/c1-12(2)15-17-22-16(13-6-4-3-5-7-13)23-25(17)11-10-24(15)14(26)8-9-18(19,20)21/h3-7,12,15H,8-11H2,1-2H3/t15-/m0/s1. The summed E-state index contributed by atoms with van der Waals surface area (Å²) in [6.45, 7) is 4.63. The van der Waals surface area contributed by atoms with E-state index in [-0.39, 0.29) is 12.0 Å². The number of fused-ring (bicyclic) bond motifs is 1. The van der Waals surface area contributed by atoms with Crippen LogP contribution in [0.25, 0.3) is 11.4 Å². The highest BCUT2D eigenvalue weighted by atomic mass is 19.4. The second-order valence-corrected chi connectivity index (χ2v) is 6.77. The van der Waals surface area contributed by atoms with Gasteiger partial charge in [-0.05, 0) is 5.92 Å². The van der Waals surface area contributed by atoms with Crippen LogP contribution in [-0.2, 0) is 11.3 Å². The zero-order valence-corrected chi connectivity index (χ0v) is 14.7. The molecule has 0 saturated carbocycles. The molecule has 0 fully saturated rings. The SMILES string of the molecule is CC(C)[C@H]1c2nc(-c3ccccc3)nn2CCN1C(=O)CCC(F)(F)F. The van der Waals surface area contributed by atoms with Crippen LogP contribution in [0.2, 0.25) is 0 Å². The van der Waals surface area contributed by atoms with E-state index < -0.39 is 24.9 Å². The fourth-order valence-corrected chi connectivity index (χ4v) is 3.26. The van der Waals surface area contributed by atoms with Gasteiger partial charge in [0.1, 0.15) is 0 Å². The van der Waals surface area contributed by atoms with Crippen molar-refractivity contribution in [3.05, 3.63) is 36.2 Å². The molecule has 0 unspecified atom stereocenters. The number of hydrogen-bond acceptors (Lipinski definition) is 3. The van der Waals surface area contributed by atoms with Crippen molar-refractivity contribution in [2.75, 3.05) is 6.54 Å². The highest BCUT2D eigenvalue weighted by Crippen LogP contribution is 2.33. The van der Waals surface area contributed by atoms with Gasteiger partial charge in [-0.15, -0.1) is 0 Å². The van der Waals surface area contributed by atoms with Crippen molar-refractivity contribution in [3.8, 4) is 11.4 Å². The molecule has 2 aromatic rings. The van der Waals surface area contributed by atoms with Crippen LogP contribution in [0.1, 0.15) is 38.6 Å². The van der Waals surface area contributed by atoms with Gasteiger partial charge in [-0.2, -0.15) is 18.3 Å². The smallest absolute Gasteiger partial charge is 0.330 e. The third-order valence-corrected chi connectivity index (χ3v) is 4.46. The lowest BCUT2D eigenvalue weighted by molar-refractivity contribution is -0.152. The Morgan fingerprint density at radius 3 is 2.54 bits per heavy atom. The van der Waals surface area contributed by atoms with E-state index in [2.05, 4.69) is 10.1 Å². The molecule has 3 rings (SSSR count). The molecule has 1 aromatic carbocycles. The fourth-order valence-electron chi connectivity index (χ4n) is 3.26. The van der Waals surface area contributed by atoms with Crippen LogP contribution in [0, 0.1) is 5.92 Å². The van der Waals surface area contributed by atoms with Crippen molar-refractivity contribution >= 4 is 5.91 Å². The molecule has 0 radical (unpaired) electrons. The van der Waals surface area contributed by atoms with Gasteiger partial charge in [0.05, 0.1) is 19.0 Å². The number of amides is 1. The Bertz CT molecular complexity index is 770. The number of hydrogen-bond donors (Lipinski definition) is 0. The molecule has 0 aliphatic carbocycles. The topological polar surface area (TPSA) is 51.0 Å². The van der Waals surface area contributed by atoms with Gasteiger partial charge >= 0.3 is 6.18 Å². The van der Waals surface area contributed by atoms with Gasteiger partial charge in [0, 0.05) is 18.5 Å². The van der Waals surface area contributed by atoms with Crippen molar-refractivity contribution in [2.24, 2.45) is 5.92 Å². The van der Waals surface area contributed by atoms with E-state index in [0.29, 0.717) is 24.7 Å². The molecule has 0 saturated heterocycles. The number of halogens is 3. The van der Waals surface area contributed by atoms with Crippen molar-refractivity contribution < 1.29 is 18.0 Å². The molecule has 140 valence electrons. The minimum absolute atomic E-state index is 0.0108. The number of alkyl halides is 3. The maximum absolute atomic E-state index is 12.5. The lowest BCUT2D eigenvalue weighted by Gasteiger charge is -2.37. The summed E-state index contributed by atoms with van der Waals surface area (Å²) in [6, 6.07) is 9.10. The molecular formula is C18H21F3N4O. The highest BCUT2D eigenvalue weighted by Gasteiger charge is 2.37. The quantitative estimate of drug-likeness (QED) is 0.826. The Hall–Kier alpha value is -2.38. The maximum atomic E-state index is 12.5. The average molecular weight is 366 g/mol. The summed E-state index contributed by atoms with van der Waals surface area (Å²) in [5.74, 6) is 0.717. The van der Waals surface area contributed by atoms with Gasteiger partial charge in [-0.25, -0.2) is 9.67 Å². The molecule has 5 nitrogen and oxygen atoms in total. The Kier molecular flexibility index (Phi) is 5.02. The predicted molar refractivity (Wildman–Crippen MR) is 90.0 cm³/mol. The summed E-state index contributed by atoms with van der Waals surface area (Å²) in [6.07, 6.45) is -5.97. The number of aromatic nitrogens is 3. The van der Waals surface area contributed by atoms with E-state index in [4.69, 9.17) is 0 Å². The van der Waals surface area contributed by atoms with Crippen LogP contribution >= 0.6 is 0 Å². The van der Waals surface area contributed by atoms with Gasteiger partial charge in [-0.1, -0.05) is 44.2 Å². The minimum atomic E-state index is -4.33. The summed E-state index contributed by atoms with van der Waals surface area (Å²) in [5.41, 5.74) is 0.867. The molecule has 0 N–H and O–H groups in total. The lowest BCUT2D eigenvalue weighted by atomic mass is 9.99. The Morgan fingerprint density at radius 2 is 1.92 bits per heavy atom. The van der Waals surface area contributed by atoms with Gasteiger partial charge in [0.15, 0.2) is 11.6 Å². The molecule has 1 atom stereocenters. The summed E-state index contributed by atoms with van der Waals surface area (Å²) in [7, 11) is 0. The van der Waals surface area contributed by atoms with Gasteiger partial charge in [0.25, 0.3) is 0 Å². The monoisotopic (exact) mass is 366 g/mol. The fraction of sp³-hybridized carbons (Fsp3) is 0.500. The predicted octanol–water partition coefficient (Wildman–Crippen LogP) is 3.83. The molecule has 0 spiro atoms. The first-order chi connectivity index (χ1) is 12.3. The van der Waals surface area contributed by atoms with Crippen molar-refractivity contribution in [2.45, 2.75) is 45.5 Å². The Balaban J connectivity index is 1.87. The van der Waals surface area contributed by atoms with E-state index in [1.54, 1.807) is 4.68 Å². The molecule has 26 heavy (non-hydrogen) atoms. The first-order valence-electron chi connectivity index (χ1n) is 8.62. The molecule has 1 amide bonds. The number of benzene rings is 1.